The summed E-state index contributed by atoms with van der Waals surface area (Å²) in [5, 5.41) is 9.45. The maximum atomic E-state index is 12.6. The summed E-state index contributed by atoms with van der Waals surface area (Å²) in [6.45, 7) is 1.85. The Labute approximate surface area is 149 Å². The van der Waals surface area contributed by atoms with E-state index in [-0.39, 0.29) is 11.3 Å². The van der Waals surface area contributed by atoms with Gasteiger partial charge in [0.05, 0.1) is 4.90 Å². The second-order valence-electron chi connectivity index (χ2n) is 5.10. The van der Waals surface area contributed by atoms with Gasteiger partial charge in [-0.25, -0.2) is 8.42 Å². The van der Waals surface area contributed by atoms with Crippen LogP contribution in [0.3, 0.4) is 0 Å². The zero-order valence-electron chi connectivity index (χ0n) is 12.4. The molecule has 0 fully saturated rings. The van der Waals surface area contributed by atoms with Crippen LogP contribution in [0.5, 0.6) is 0 Å². The first kappa shape index (κ1) is 17.9. The molecule has 1 atom stereocenters. The molecule has 7 heteroatoms. The lowest BCUT2D eigenvalue weighted by atomic mass is 10.1. The monoisotopic (exact) mass is 445 g/mol. The largest absolute Gasteiger partial charge is 0.480 e. The molecule has 23 heavy (non-hydrogen) atoms. The first-order chi connectivity index (χ1) is 10.8. The molecule has 1 N–H and O–H groups in total. The van der Waals surface area contributed by atoms with Crippen molar-refractivity contribution in [2.75, 3.05) is 0 Å². The predicted octanol–water partition coefficient (Wildman–Crippen LogP) is 3.03. The molecule has 0 aliphatic heterocycles. The highest BCUT2D eigenvalue weighted by molar-refractivity contribution is 14.1. The highest BCUT2D eigenvalue weighted by Crippen LogP contribution is 2.24. The molecule has 0 heterocycles. The number of carboxylic acid groups (broad SMARTS) is 1. The van der Waals surface area contributed by atoms with Gasteiger partial charge in [0.15, 0.2) is 0 Å². The minimum atomic E-state index is -3.88. The normalized spacial score (nSPS) is 13.0. The van der Waals surface area contributed by atoms with E-state index in [4.69, 9.17) is 0 Å². The average Bonchev–Trinajstić information content (AvgIpc) is 2.53. The van der Waals surface area contributed by atoms with Crippen LogP contribution in [0.25, 0.3) is 0 Å². The summed E-state index contributed by atoms with van der Waals surface area (Å²) in [6.07, 6.45) is 0.101. The minimum absolute atomic E-state index is 0.0804. The van der Waals surface area contributed by atoms with Crippen LogP contribution < -0.4 is 0 Å². The van der Waals surface area contributed by atoms with E-state index in [9.17, 15) is 18.3 Å². The Morgan fingerprint density at radius 1 is 1.13 bits per heavy atom. The standard InChI is InChI=1S/C16H16INO4S/c1-12-7-9-14(10-8-12)23(21,22)18(17)15(16(19)20)11-13-5-3-2-4-6-13/h2-10,15H,11H2,1H3,(H,19,20). The molecule has 0 saturated carbocycles. The average molecular weight is 445 g/mol. The molecule has 0 bridgehead atoms. The van der Waals surface area contributed by atoms with E-state index in [1.807, 2.05) is 13.0 Å². The number of halogens is 1. The summed E-state index contributed by atoms with van der Waals surface area (Å²) < 4.78 is 26.2. The molecular formula is C16H16INO4S. The van der Waals surface area contributed by atoms with Crippen molar-refractivity contribution < 1.29 is 18.3 Å². The van der Waals surface area contributed by atoms with Crippen LogP contribution in [-0.2, 0) is 21.2 Å². The van der Waals surface area contributed by atoms with Crippen molar-refractivity contribution >= 4 is 38.9 Å². The fraction of sp³-hybridized carbons (Fsp3) is 0.188. The number of carboxylic acids is 1. The quantitative estimate of drug-likeness (QED) is 0.548. The number of sulfonamides is 1. The fourth-order valence-electron chi connectivity index (χ4n) is 2.06. The number of aryl methyl sites for hydroxylation is 1. The topological polar surface area (TPSA) is 74.7 Å². The molecule has 2 rings (SSSR count). The number of nitrogens with zero attached hydrogens (tertiary/aromatic N) is 1. The van der Waals surface area contributed by atoms with E-state index in [0.717, 1.165) is 13.6 Å². The third kappa shape index (κ3) is 4.30. The van der Waals surface area contributed by atoms with Crippen molar-refractivity contribution in [1.82, 2.24) is 2.52 Å². The summed E-state index contributed by atoms with van der Waals surface area (Å²) >= 11 is 1.57. The van der Waals surface area contributed by atoms with Gasteiger partial charge in [-0.2, -0.15) is 0 Å². The van der Waals surface area contributed by atoms with Crippen LogP contribution in [0.4, 0.5) is 0 Å². The van der Waals surface area contributed by atoms with Gasteiger partial charge >= 0.3 is 5.97 Å². The Kier molecular flexibility index (Phi) is 5.77. The van der Waals surface area contributed by atoms with Crippen LogP contribution in [-0.4, -0.2) is 28.1 Å². The van der Waals surface area contributed by atoms with Gasteiger partial charge in [-0.3, -0.25) is 4.79 Å². The maximum Gasteiger partial charge on any atom is 0.323 e. The summed E-state index contributed by atoms with van der Waals surface area (Å²) in [6, 6.07) is 14.1. The van der Waals surface area contributed by atoms with E-state index >= 15 is 0 Å². The lowest BCUT2D eigenvalue weighted by Crippen LogP contribution is -2.40. The molecule has 0 saturated heterocycles. The summed E-state index contributed by atoms with van der Waals surface area (Å²) in [7, 11) is -3.88. The van der Waals surface area contributed by atoms with Crippen molar-refractivity contribution in [3.8, 4) is 0 Å². The highest BCUT2D eigenvalue weighted by Gasteiger charge is 2.34. The van der Waals surface area contributed by atoms with Gasteiger partial charge in [-0.15, -0.1) is 2.52 Å². The van der Waals surface area contributed by atoms with Gasteiger partial charge in [-0.05, 0) is 24.6 Å². The van der Waals surface area contributed by atoms with E-state index in [1.165, 1.54) is 12.1 Å². The van der Waals surface area contributed by atoms with Crippen molar-refractivity contribution in [2.24, 2.45) is 0 Å². The lowest BCUT2D eigenvalue weighted by molar-refractivity contribution is -0.140. The van der Waals surface area contributed by atoms with Crippen molar-refractivity contribution in [3.05, 3.63) is 65.7 Å². The fourth-order valence-corrected chi connectivity index (χ4v) is 4.36. The molecule has 0 amide bonds. The van der Waals surface area contributed by atoms with E-state index < -0.39 is 22.0 Å². The molecule has 122 valence electrons. The smallest absolute Gasteiger partial charge is 0.323 e. The van der Waals surface area contributed by atoms with Gasteiger partial charge in [0.2, 0.25) is 0 Å². The number of aliphatic carboxylic acids is 1. The zero-order chi connectivity index (χ0) is 17.0. The first-order valence-electron chi connectivity index (χ1n) is 6.86. The van der Waals surface area contributed by atoms with Gasteiger partial charge in [0.1, 0.15) is 6.04 Å². The van der Waals surface area contributed by atoms with Crippen molar-refractivity contribution in [1.29, 1.82) is 0 Å². The summed E-state index contributed by atoms with van der Waals surface area (Å²) in [5.74, 6) is -1.18. The molecule has 0 aliphatic rings. The molecule has 0 spiro atoms. The predicted molar refractivity (Wildman–Crippen MR) is 95.8 cm³/mol. The van der Waals surface area contributed by atoms with E-state index in [0.29, 0.717) is 0 Å². The van der Waals surface area contributed by atoms with Gasteiger partial charge in [0, 0.05) is 29.3 Å². The Morgan fingerprint density at radius 2 is 1.70 bits per heavy atom. The minimum Gasteiger partial charge on any atom is -0.480 e. The Balaban J connectivity index is 2.31. The Morgan fingerprint density at radius 3 is 2.22 bits per heavy atom. The Hall–Kier alpha value is -1.45. The maximum absolute atomic E-state index is 12.6. The second-order valence-corrected chi connectivity index (χ2v) is 8.61. The highest BCUT2D eigenvalue weighted by atomic mass is 127. The van der Waals surface area contributed by atoms with Crippen LogP contribution in [0.1, 0.15) is 11.1 Å². The first-order valence-corrected chi connectivity index (χ1v) is 9.26. The summed E-state index contributed by atoms with van der Waals surface area (Å²) in [4.78, 5) is 11.6. The zero-order valence-corrected chi connectivity index (χ0v) is 15.4. The molecule has 0 aromatic heterocycles. The number of hydrogen-bond acceptors (Lipinski definition) is 3. The Bertz CT molecular complexity index is 775. The molecule has 2 aromatic rings. The van der Waals surface area contributed by atoms with Gasteiger partial charge in [-0.1, -0.05) is 48.0 Å². The molecule has 5 nitrogen and oxygen atoms in total. The molecule has 0 radical (unpaired) electrons. The third-order valence-corrected chi connectivity index (χ3v) is 7.16. The van der Waals surface area contributed by atoms with Crippen LogP contribution in [0, 0.1) is 6.92 Å². The van der Waals surface area contributed by atoms with Gasteiger partial charge in [0.25, 0.3) is 10.0 Å². The van der Waals surface area contributed by atoms with Crippen molar-refractivity contribution in [3.63, 3.8) is 0 Å². The number of benzene rings is 2. The van der Waals surface area contributed by atoms with Crippen molar-refractivity contribution in [2.45, 2.75) is 24.3 Å². The second kappa shape index (κ2) is 7.41. The third-order valence-electron chi connectivity index (χ3n) is 3.35. The van der Waals surface area contributed by atoms with Crippen LogP contribution in [0.2, 0.25) is 0 Å². The molecule has 2 aromatic carbocycles. The number of carbonyl (C=O) groups is 1. The van der Waals surface area contributed by atoms with Crippen LogP contribution >= 0.6 is 22.9 Å². The number of hydrogen-bond donors (Lipinski definition) is 1. The molecular weight excluding hydrogens is 429 g/mol. The lowest BCUT2D eigenvalue weighted by Gasteiger charge is -2.22. The van der Waals surface area contributed by atoms with E-state index in [1.54, 1.807) is 59.3 Å². The molecule has 1 unspecified atom stereocenters. The molecule has 0 aliphatic carbocycles. The summed E-state index contributed by atoms with van der Waals surface area (Å²) in [5.41, 5.74) is 1.70. The SMILES string of the molecule is Cc1ccc(S(=O)(=O)N(I)C(Cc2ccccc2)C(=O)O)cc1. The van der Waals surface area contributed by atoms with Crippen LogP contribution in [0.15, 0.2) is 59.5 Å². The van der Waals surface area contributed by atoms with E-state index in [2.05, 4.69) is 0 Å². The van der Waals surface area contributed by atoms with Gasteiger partial charge < -0.3 is 5.11 Å². The number of rotatable bonds is 6.